The molecule has 4 rings (SSSR count). The van der Waals surface area contributed by atoms with E-state index in [1.807, 2.05) is 38.4 Å². The zero-order valence-corrected chi connectivity index (χ0v) is 19.0. The highest BCUT2D eigenvalue weighted by atomic mass is 32.1. The van der Waals surface area contributed by atoms with E-state index in [9.17, 15) is 9.90 Å². The standard InChI is InChI=1S/C25H25N3O3S/c1-27(2)22(23-12-7-13-32-23)16-26-15-21-19-10-4-5-11-20(19)24(29)28(25(21)30)17-8-6-9-18(14-17)31-3/h4-15,22,30H,16H2,1-3H3/t22-/m0/s1. The molecule has 0 saturated carbocycles. The predicted octanol–water partition coefficient (Wildman–Crippen LogP) is 4.49. The van der Waals surface area contributed by atoms with Gasteiger partial charge >= 0.3 is 0 Å². The zero-order chi connectivity index (χ0) is 22.7. The Hall–Kier alpha value is -3.42. The molecule has 0 radical (unpaired) electrons. The maximum absolute atomic E-state index is 13.2. The van der Waals surface area contributed by atoms with Gasteiger partial charge in [0.25, 0.3) is 5.56 Å². The average Bonchev–Trinajstić information content (AvgIpc) is 3.33. The van der Waals surface area contributed by atoms with E-state index >= 15 is 0 Å². The number of hydrogen-bond acceptors (Lipinski definition) is 6. The second kappa shape index (κ2) is 9.38. The van der Waals surface area contributed by atoms with E-state index in [1.54, 1.807) is 55.0 Å². The number of ether oxygens (including phenoxy) is 1. The fourth-order valence-corrected chi connectivity index (χ4v) is 4.62. The third-order valence-corrected chi connectivity index (χ3v) is 6.38. The molecule has 1 atom stereocenters. The molecule has 7 heteroatoms. The summed E-state index contributed by atoms with van der Waals surface area (Å²) in [6, 6.07) is 18.6. The van der Waals surface area contributed by atoms with Crippen LogP contribution in [0.25, 0.3) is 16.5 Å². The van der Waals surface area contributed by atoms with Crippen LogP contribution in [0.2, 0.25) is 0 Å². The monoisotopic (exact) mass is 447 g/mol. The maximum Gasteiger partial charge on any atom is 0.265 e. The van der Waals surface area contributed by atoms with Crippen LogP contribution in [0.1, 0.15) is 16.5 Å². The van der Waals surface area contributed by atoms with Gasteiger partial charge in [-0.25, -0.2) is 4.57 Å². The fraction of sp³-hybridized carbons (Fsp3) is 0.200. The lowest BCUT2D eigenvalue weighted by atomic mass is 10.1. The normalized spacial score (nSPS) is 12.6. The van der Waals surface area contributed by atoms with Crippen LogP contribution in [0, 0.1) is 0 Å². The van der Waals surface area contributed by atoms with Gasteiger partial charge in [-0.1, -0.05) is 30.3 Å². The van der Waals surface area contributed by atoms with Gasteiger partial charge in [-0.05, 0) is 43.7 Å². The van der Waals surface area contributed by atoms with E-state index < -0.39 is 0 Å². The van der Waals surface area contributed by atoms with E-state index in [4.69, 9.17) is 4.74 Å². The minimum atomic E-state index is -0.298. The lowest BCUT2D eigenvalue weighted by molar-refractivity contribution is 0.311. The van der Waals surface area contributed by atoms with Crippen molar-refractivity contribution in [1.29, 1.82) is 0 Å². The van der Waals surface area contributed by atoms with Gasteiger partial charge in [0.05, 0.1) is 30.9 Å². The van der Waals surface area contributed by atoms with Gasteiger partial charge in [0, 0.05) is 27.9 Å². The van der Waals surface area contributed by atoms with Crippen molar-refractivity contribution in [2.24, 2.45) is 4.99 Å². The number of aromatic nitrogens is 1. The van der Waals surface area contributed by atoms with Gasteiger partial charge in [-0.3, -0.25) is 9.79 Å². The predicted molar refractivity (Wildman–Crippen MR) is 131 cm³/mol. The summed E-state index contributed by atoms with van der Waals surface area (Å²) in [5.74, 6) is 0.449. The van der Waals surface area contributed by atoms with Crippen molar-refractivity contribution < 1.29 is 9.84 Å². The second-order valence-corrected chi connectivity index (χ2v) is 8.59. The number of nitrogens with zero attached hydrogens (tertiary/aromatic N) is 3. The number of benzene rings is 2. The molecule has 2 aromatic carbocycles. The first-order chi connectivity index (χ1) is 15.5. The van der Waals surface area contributed by atoms with E-state index in [1.165, 1.54) is 9.44 Å². The van der Waals surface area contributed by atoms with Crippen LogP contribution in [-0.4, -0.2) is 48.5 Å². The molecule has 2 aromatic heterocycles. The molecular weight excluding hydrogens is 422 g/mol. The molecule has 0 aliphatic heterocycles. The number of thiophene rings is 1. The van der Waals surface area contributed by atoms with Gasteiger partial charge in [0.1, 0.15) is 5.75 Å². The number of aliphatic imine (C=N–C) groups is 1. The number of rotatable bonds is 7. The summed E-state index contributed by atoms with van der Waals surface area (Å²) in [4.78, 5) is 21.3. The molecule has 0 aliphatic rings. The number of aromatic hydroxyl groups is 1. The van der Waals surface area contributed by atoms with Crippen molar-refractivity contribution in [1.82, 2.24) is 9.47 Å². The molecule has 32 heavy (non-hydrogen) atoms. The second-order valence-electron chi connectivity index (χ2n) is 7.61. The highest BCUT2D eigenvalue weighted by molar-refractivity contribution is 7.10. The van der Waals surface area contributed by atoms with Crippen LogP contribution in [0.5, 0.6) is 11.6 Å². The largest absolute Gasteiger partial charge is 0.497 e. The number of methoxy groups -OCH3 is 1. The van der Waals surface area contributed by atoms with Gasteiger partial charge in [0.15, 0.2) is 0 Å². The Bertz CT molecular complexity index is 1310. The Morgan fingerprint density at radius 1 is 1.12 bits per heavy atom. The van der Waals surface area contributed by atoms with Crippen molar-refractivity contribution in [3.8, 4) is 17.3 Å². The topological polar surface area (TPSA) is 67.1 Å². The summed E-state index contributed by atoms with van der Waals surface area (Å²) < 4.78 is 6.60. The molecule has 164 valence electrons. The third-order valence-electron chi connectivity index (χ3n) is 5.41. The van der Waals surface area contributed by atoms with E-state index in [2.05, 4.69) is 21.3 Å². The molecule has 0 saturated heterocycles. The van der Waals surface area contributed by atoms with Crippen molar-refractivity contribution in [2.75, 3.05) is 27.7 Å². The number of hydrogen-bond donors (Lipinski definition) is 1. The van der Waals surface area contributed by atoms with Crippen LogP contribution in [0.4, 0.5) is 0 Å². The van der Waals surface area contributed by atoms with Gasteiger partial charge in [-0.2, -0.15) is 0 Å². The summed E-state index contributed by atoms with van der Waals surface area (Å²) in [5.41, 5.74) is 0.733. The smallest absolute Gasteiger partial charge is 0.265 e. The zero-order valence-electron chi connectivity index (χ0n) is 18.2. The Morgan fingerprint density at radius 3 is 2.59 bits per heavy atom. The van der Waals surface area contributed by atoms with Gasteiger partial charge in [-0.15, -0.1) is 11.3 Å². The Morgan fingerprint density at radius 2 is 1.91 bits per heavy atom. The Balaban J connectivity index is 1.82. The highest BCUT2D eigenvalue weighted by Gasteiger charge is 2.18. The first kappa shape index (κ1) is 21.8. The average molecular weight is 448 g/mol. The summed E-state index contributed by atoms with van der Waals surface area (Å²) in [6.45, 7) is 0.527. The minimum Gasteiger partial charge on any atom is -0.497 e. The van der Waals surface area contributed by atoms with E-state index in [-0.39, 0.29) is 17.5 Å². The fourth-order valence-electron chi connectivity index (χ4n) is 3.71. The molecule has 1 N–H and O–H groups in total. The van der Waals surface area contributed by atoms with Crippen molar-refractivity contribution in [2.45, 2.75) is 6.04 Å². The van der Waals surface area contributed by atoms with Gasteiger partial charge in [0.2, 0.25) is 5.88 Å². The molecule has 0 fully saturated rings. The molecule has 2 heterocycles. The van der Waals surface area contributed by atoms with Crippen LogP contribution in [0.3, 0.4) is 0 Å². The van der Waals surface area contributed by atoms with Crippen molar-refractivity contribution >= 4 is 28.3 Å². The van der Waals surface area contributed by atoms with Crippen LogP contribution >= 0.6 is 11.3 Å². The Kier molecular flexibility index (Phi) is 6.39. The van der Waals surface area contributed by atoms with Crippen LogP contribution in [0.15, 0.2) is 75.8 Å². The number of fused-ring (bicyclic) bond motifs is 1. The molecule has 0 bridgehead atoms. The quantitative estimate of drug-likeness (QED) is 0.424. The van der Waals surface area contributed by atoms with Gasteiger partial charge < -0.3 is 14.7 Å². The molecule has 6 nitrogen and oxygen atoms in total. The molecule has 4 aromatic rings. The summed E-state index contributed by atoms with van der Waals surface area (Å²) in [5, 5.41) is 14.4. The van der Waals surface area contributed by atoms with Crippen molar-refractivity contribution in [3.63, 3.8) is 0 Å². The first-order valence-corrected chi connectivity index (χ1v) is 11.1. The van der Waals surface area contributed by atoms with Crippen LogP contribution < -0.4 is 10.3 Å². The summed E-state index contributed by atoms with van der Waals surface area (Å²) >= 11 is 1.69. The molecule has 0 unspecified atom stereocenters. The molecule has 0 aliphatic carbocycles. The molecular formula is C25H25N3O3S. The maximum atomic E-state index is 13.2. The lowest BCUT2D eigenvalue weighted by Gasteiger charge is -2.21. The van der Waals surface area contributed by atoms with Crippen LogP contribution in [-0.2, 0) is 0 Å². The summed E-state index contributed by atoms with van der Waals surface area (Å²) in [6.07, 6.45) is 1.66. The molecule has 0 amide bonds. The minimum absolute atomic E-state index is 0.129. The first-order valence-electron chi connectivity index (χ1n) is 10.2. The van der Waals surface area contributed by atoms with E-state index in [0.717, 1.165) is 0 Å². The SMILES string of the molecule is COc1cccc(-n2c(O)c(C=NC[C@@H](c3cccs3)N(C)C)c3ccccc3c2=O)c1. The Labute approximate surface area is 190 Å². The highest BCUT2D eigenvalue weighted by Crippen LogP contribution is 2.28. The third kappa shape index (κ3) is 4.17. The summed E-state index contributed by atoms with van der Waals surface area (Å²) in [7, 11) is 5.61. The molecule has 0 spiro atoms. The number of likely N-dealkylation sites (N-methyl/N-ethyl adjacent to an activating group) is 1. The lowest BCUT2D eigenvalue weighted by Crippen LogP contribution is -2.22. The number of pyridine rings is 1. The van der Waals surface area contributed by atoms with Crippen molar-refractivity contribution in [3.05, 3.63) is 86.8 Å². The van der Waals surface area contributed by atoms with E-state index in [0.29, 0.717) is 34.3 Å².